The van der Waals surface area contributed by atoms with Crippen LogP contribution in [0.4, 0.5) is 0 Å². The van der Waals surface area contributed by atoms with E-state index in [1.54, 1.807) is 7.11 Å². The summed E-state index contributed by atoms with van der Waals surface area (Å²) in [5.41, 5.74) is 1.27. The average molecular weight is 289 g/mol. The van der Waals surface area contributed by atoms with Crippen LogP contribution < -0.4 is 10.1 Å². The SMILES string of the molecule is CCN(CC)CCNCCn1ccc2cc(OC)ccc21. The molecule has 0 saturated heterocycles. The molecule has 2 rings (SSSR count). The summed E-state index contributed by atoms with van der Waals surface area (Å²) < 4.78 is 7.55. The third-order valence-corrected chi connectivity index (χ3v) is 4.01. The number of methoxy groups -OCH3 is 1. The lowest BCUT2D eigenvalue weighted by Gasteiger charge is -2.18. The highest BCUT2D eigenvalue weighted by Crippen LogP contribution is 2.21. The van der Waals surface area contributed by atoms with Gasteiger partial charge in [0, 0.05) is 43.3 Å². The lowest BCUT2D eigenvalue weighted by molar-refractivity contribution is 0.302. The molecule has 1 aromatic carbocycles. The molecule has 0 aliphatic carbocycles. The van der Waals surface area contributed by atoms with E-state index < -0.39 is 0 Å². The molecule has 0 atom stereocenters. The number of benzene rings is 1. The Bertz CT molecular complexity index is 546. The third kappa shape index (κ3) is 4.22. The fourth-order valence-electron chi connectivity index (χ4n) is 2.60. The van der Waals surface area contributed by atoms with Crippen LogP contribution in [0.2, 0.25) is 0 Å². The summed E-state index contributed by atoms with van der Waals surface area (Å²) in [6.07, 6.45) is 2.15. The van der Waals surface area contributed by atoms with E-state index in [1.807, 2.05) is 6.07 Å². The maximum Gasteiger partial charge on any atom is 0.119 e. The van der Waals surface area contributed by atoms with Gasteiger partial charge in [-0.2, -0.15) is 0 Å². The molecule has 116 valence electrons. The second-order valence-electron chi connectivity index (χ2n) is 5.21. The van der Waals surface area contributed by atoms with Gasteiger partial charge in [0.25, 0.3) is 0 Å². The molecule has 1 heterocycles. The Labute approximate surface area is 127 Å². The number of ether oxygens (including phenoxy) is 1. The van der Waals surface area contributed by atoms with Crippen LogP contribution in [0.1, 0.15) is 13.8 Å². The van der Waals surface area contributed by atoms with E-state index in [1.165, 1.54) is 10.9 Å². The molecule has 0 aliphatic heterocycles. The molecule has 0 spiro atoms. The Morgan fingerprint density at radius 1 is 1.14 bits per heavy atom. The lowest BCUT2D eigenvalue weighted by atomic mass is 10.2. The Hall–Kier alpha value is -1.52. The molecular formula is C17H27N3O. The molecule has 0 saturated carbocycles. The topological polar surface area (TPSA) is 29.4 Å². The number of nitrogens with one attached hydrogen (secondary N) is 1. The standard InChI is InChI=1S/C17H27N3O/c1-4-19(5-2)12-9-18-10-13-20-11-8-15-14-16(21-3)6-7-17(15)20/h6-8,11,14,18H,4-5,9-10,12-13H2,1-3H3. The summed E-state index contributed by atoms with van der Waals surface area (Å²) in [5.74, 6) is 0.914. The van der Waals surface area contributed by atoms with Gasteiger partial charge >= 0.3 is 0 Å². The summed E-state index contributed by atoms with van der Waals surface area (Å²) in [7, 11) is 1.71. The molecule has 1 N–H and O–H groups in total. The smallest absolute Gasteiger partial charge is 0.119 e. The van der Waals surface area contributed by atoms with Crippen LogP contribution in [0, 0.1) is 0 Å². The van der Waals surface area contributed by atoms with Crippen molar-refractivity contribution in [3.63, 3.8) is 0 Å². The quantitative estimate of drug-likeness (QED) is 0.720. The molecule has 4 heteroatoms. The molecule has 1 aromatic heterocycles. The maximum absolute atomic E-state index is 5.26. The average Bonchev–Trinajstić information content (AvgIpc) is 2.93. The predicted octanol–water partition coefficient (Wildman–Crippen LogP) is 2.58. The first-order chi connectivity index (χ1) is 10.3. The molecule has 4 nitrogen and oxygen atoms in total. The number of rotatable bonds is 9. The van der Waals surface area contributed by atoms with Gasteiger partial charge in [-0.15, -0.1) is 0 Å². The van der Waals surface area contributed by atoms with E-state index in [2.05, 4.69) is 53.0 Å². The minimum absolute atomic E-state index is 0.914. The molecule has 0 fully saturated rings. The van der Waals surface area contributed by atoms with Gasteiger partial charge < -0.3 is 19.5 Å². The zero-order valence-corrected chi connectivity index (χ0v) is 13.4. The third-order valence-electron chi connectivity index (χ3n) is 4.01. The number of aromatic nitrogens is 1. The van der Waals surface area contributed by atoms with E-state index in [4.69, 9.17) is 4.74 Å². The molecule has 21 heavy (non-hydrogen) atoms. The van der Waals surface area contributed by atoms with Gasteiger partial charge in [-0.25, -0.2) is 0 Å². The number of hydrogen-bond acceptors (Lipinski definition) is 3. The number of hydrogen-bond donors (Lipinski definition) is 1. The number of likely N-dealkylation sites (N-methyl/N-ethyl adjacent to an activating group) is 1. The first kappa shape index (κ1) is 15.9. The van der Waals surface area contributed by atoms with Crippen LogP contribution in [0.5, 0.6) is 5.75 Å². The molecule has 0 bridgehead atoms. The lowest BCUT2D eigenvalue weighted by Crippen LogP contribution is -2.33. The Morgan fingerprint density at radius 3 is 2.67 bits per heavy atom. The molecule has 0 unspecified atom stereocenters. The summed E-state index contributed by atoms with van der Waals surface area (Å²) in [6, 6.07) is 8.38. The predicted molar refractivity (Wildman–Crippen MR) is 89.1 cm³/mol. The van der Waals surface area contributed by atoms with Crippen LogP contribution in [-0.2, 0) is 6.54 Å². The van der Waals surface area contributed by atoms with Crippen LogP contribution in [0.15, 0.2) is 30.5 Å². The van der Waals surface area contributed by atoms with Gasteiger partial charge in [-0.3, -0.25) is 0 Å². The number of nitrogens with zero attached hydrogens (tertiary/aromatic N) is 2. The van der Waals surface area contributed by atoms with Gasteiger partial charge in [-0.1, -0.05) is 13.8 Å². The van der Waals surface area contributed by atoms with E-state index >= 15 is 0 Å². The first-order valence-corrected chi connectivity index (χ1v) is 7.84. The Balaban J connectivity index is 1.81. The van der Waals surface area contributed by atoms with E-state index in [9.17, 15) is 0 Å². The minimum atomic E-state index is 0.914. The van der Waals surface area contributed by atoms with Gasteiger partial charge in [0.05, 0.1) is 7.11 Å². The largest absolute Gasteiger partial charge is 0.497 e. The van der Waals surface area contributed by atoms with Crippen molar-refractivity contribution in [3.05, 3.63) is 30.5 Å². The maximum atomic E-state index is 5.26. The van der Waals surface area contributed by atoms with Crippen LogP contribution >= 0.6 is 0 Å². The molecule has 2 aromatic rings. The molecule has 0 aliphatic rings. The zero-order valence-electron chi connectivity index (χ0n) is 13.4. The van der Waals surface area contributed by atoms with Crippen LogP contribution in [-0.4, -0.2) is 49.3 Å². The zero-order chi connectivity index (χ0) is 15.1. The second kappa shape index (κ2) is 8.05. The summed E-state index contributed by atoms with van der Waals surface area (Å²) in [5, 5.41) is 4.76. The van der Waals surface area contributed by atoms with Crippen molar-refractivity contribution < 1.29 is 4.74 Å². The fraction of sp³-hybridized carbons (Fsp3) is 0.529. The molecular weight excluding hydrogens is 262 g/mol. The summed E-state index contributed by atoms with van der Waals surface area (Å²) in [4.78, 5) is 2.43. The van der Waals surface area contributed by atoms with Crippen molar-refractivity contribution in [1.29, 1.82) is 0 Å². The van der Waals surface area contributed by atoms with Crippen molar-refractivity contribution in [2.45, 2.75) is 20.4 Å². The highest BCUT2D eigenvalue weighted by Gasteiger charge is 2.02. The van der Waals surface area contributed by atoms with Gasteiger partial charge in [0.1, 0.15) is 5.75 Å². The molecule has 0 radical (unpaired) electrons. The van der Waals surface area contributed by atoms with E-state index in [0.717, 1.165) is 45.0 Å². The monoisotopic (exact) mass is 289 g/mol. The first-order valence-electron chi connectivity index (χ1n) is 7.84. The number of fused-ring (bicyclic) bond motifs is 1. The van der Waals surface area contributed by atoms with Crippen LogP contribution in [0.3, 0.4) is 0 Å². The van der Waals surface area contributed by atoms with E-state index in [0.29, 0.717) is 0 Å². The van der Waals surface area contributed by atoms with Crippen molar-refractivity contribution in [3.8, 4) is 5.75 Å². The minimum Gasteiger partial charge on any atom is -0.497 e. The van der Waals surface area contributed by atoms with Crippen molar-refractivity contribution in [2.24, 2.45) is 0 Å². The molecule has 0 amide bonds. The van der Waals surface area contributed by atoms with Gasteiger partial charge in [-0.05, 0) is 37.4 Å². The van der Waals surface area contributed by atoms with Crippen LogP contribution in [0.25, 0.3) is 10.9 Å². The summed E-state index contributed by atoms with van der Waals surface area (Å²) in [6.45, 7) is 10.8. The van der Waals surface area contributed by atoms with E-state index in [-0.39, 0.29) is 0 Å². The van der Waals surface area contributed by atoms with Gasteiger partial charge in [0.15, 0.2) is 0 Å². The van der Waals surface area contributed by atoms with Crippen molar-refractivity contribution in [2.75, 3.05) is 39.8 Å². The summed E-state index contributed by atoms with van der Waals surface area (Å²) >= 11 is 0. The highest BCUT2D eigenvalue weighted by molar-refractivity contribution is 5.81. The highest BCUT2D eigenvalue weighted by atomic mass is 16.5. The normalized spacial score (nSPS) is 11.4. The Kier molecular flexibility index (Phi) is 6.08. The van der Waals surface area contributed by atoms with Gasteiger partial charge in [0.2, 0.25) is 0 Å². The Morgan fingerprint density at radius 2 is 1.95 bits per heavy atom. The van der Waals surface area contributed by atoms with Crippen molar-refractivity contribution >= 4 is 10.9 Å². The fourth-order valence-corrected chi connectivity index (χ4v) is 2.60. The second-order valence-corrected chi connectivity index (χ2v) is 5.21. The van der Waals surface area contributed by atoms with Crippen molar-refractivity contribution in [1.82, 2.24) is 14.8 Å².